The van der Waals surface area contributed by atoms with Crippen LogP contribution in [0.2, 0.25) is 0 Å². The van der Waals surface area contributed by atoms with Gasteiger partial charge in [0.15, 0.2) is 0 Å². The molecule has 0 fully saturated rings. The van der Waals surface area contributed by atoms with E-state index in [1.165, 1.54) is 13.2 Å². The summed E-state index contributed by atoms with van der Waals surface area (Å²) in [6.45, 7) is 5.46. The zero-order valence-electron chi connectivity index (χ0n) is 16.1. The maximum Gasteiger partial charge on any atom is 0.336 e. The Morgan fingerprint density at radius 3 is 2.64 bits per heavy atom. The molecule has 1 aliphatic rings. The Kier molecular flexibility index (Phi) is 5.30. The normalized spacial score (nSPS) is 15.7. The number of fused-ring (bicyclic) bond motifs is 1. The molecule has 0 amide bonds. The largest absolute Gasteiger partial charge is 0.475 e. The molecule has 0 saturated heterocycles. The van der Waals surface area contributed by atoms with E-state index < -0.39 is 16.8 Å². The number of hydrogen-bond donors (Lipinski definition) is 1. The number of pyridine rings is 1. The number of nitrogens with zero attached hydrogens (tertiary/aromatic N) is 2. The fraction of sp³-hybridized carbons (Fsp3) is 0.300. The number of carbonyl (C=O) groups excluding carboxylic acids is 1. The van der Waals surface area contributed by atoms with Gasteiger partial charge in [-0.3, -0.25) is 10.1 Å². The van der Waals surface area contributed by atoms with Crippen LogP contribution in [0.5, 0.6) is 5.88 Å². The number of carbonyl (C=O) groups is 1. The third kappa shape index (κ3) is 3.40. The summed E-state index contributed by atoms with van der Waals surface area (Å²) in [7, 11) is 1.28. The number of benzene rings is 1. The van der Waals surface area contributed by atoms with E-state index in [1.54, 1.807) is 37.4 Å². The Morgan fingerprint density at radius 2 is 2.00 bits per heavy atom. The second-order valence-corrected chi connectivity index (χ2v) is 6.65. The molecule has 0 spiro atoms. The topological polar surface area (TPSA) is 104 Å². The number of anilines is 1. The zero-order valence-corrected chi connectivity index (χ0v) is 16.1. The second-order valence-electron chi connectivity index (χ2n) is 6.65. The number of nitro groups is 1. The van der Waals surface area contributed by atoms with Crippen molar-refractivity contribution in [3.63, 3.8) is 0 Å². The van der Waals surface area contributed by atoms with Gasteiger partial charge in [0.05, 0.1) is 35.2 Å². The smallest absolute Gasteiger partial charge is 0.336 e. The third-order valence-electron chi connectivity index (χ3n) is 4.45. The number of nitro benzene ring substituents is 1. The van der Waals surface area contributed by atoms with E-state index >= 15 is 0 Å². The molecule has 1 aliphatic heterocycles. The molecule has 2 heterocycles. The molecule has 0 bridgehead atoms. The summed E-state index contributed by atoms with van der Waals surface area (Å²) in [5.41, 5.74) is 2.37. The fourth-order valence-corrected chi connectivity index (χ4v) is 3.38. The molecular formula is C20H21N3O5. The van der Waals surface area contributed by atoms with Crippen molar-refractivity contribution >= 4 is 17.3 Å². The van der Waals surface area contributed by atoms with Crippen molar-refractivity contribution in [1.29, 1.82) is 0 Å². The van der Waals surface area contributed by atoms with Crippen LogP contribution in [-0.2, 0) is 9.53 Å². The van der Waals surface area contributed by atoms with Gasteiger partial charge >= 0.3 is 5.97 Å². The van der Waals surface area contributed by atoms with E-state index in [4.69, 9.17) is 9.47 Å². The lowest BCUT2D eigenvalue weighted by Gasteiger charge is -2.31. The first-order valence-corrected chi connectivity index (χ1v) is 8.80. The number of aromatic nitrogens is 1. The molecule has 8 heteroatoms. The van der Waals surface area contributed by atoms with Gasteiger partial charge in [0.2, 0.25) is 5.88 Å². The highest BCUT2D eigenvalue weighted by Crippen LogP contribution is 2.47. The minimum atomic E-state index is -0.757. The molecule has 28 heavy (non-hydrogen) atoms. The van der Waals surface area contributed by atoms with Crippen molar-refractivity contribution in [3.8, 4) is 5.88 Å². The minimum absolute atomic E-state index is 0.0890. The summed E-state index contributed by atoms with van der Waals surface area (Å²) in [4.78, 5) is 28.2. The second kappa shape index (κ2) is 7.67. The van der Waals surface area contributed by atoms with Crippen LogP contribution in [0.1, 0.15) is 37.8 Å². The van der Waals surface area contributed by atoms with Crippen molar-refractivity contribution in [2.75, 3.05) is 12.4 Å². The van der Waals surface area contributed by atoms with Crippen molar-refractivity contribution in [2.45, 2.75) is 32.8 Å². The van der Waals surface area contributed by atoms with Crippen LogP contribution in [0.3, 0.4) is 0 Å². The van der Waals surface area contributed by atoms with E-state index in [0.717, 1.165) is 0 Å². The molecule has 1 unspecified atom stereocenters. The lowest BCUT2D eigenvalue weighted by molar-refractivity contribution is -0.385. The van der Waals surface area contributed by atoms with E-state index in [0.29, 0.717) is 28.4 Å². The molecule has 0 aliphatic carbocycles. The molecule has 1 aromatic heterocycles. The number of esters is 1. The molecular weight excluding hydrogens is 362 g/mol. The van der Waals surface area contributed by atoms with Crippen molar-refractivity contribution in [3.05, 3.63) is 69.0 Å². The molecule has 0 saturated carbocycles. The van der Waals surface area contributed by atoms with Crippen LogP contribution in [-0.4, -0.2) is 29.1 Å². The Balaban J connectivity index is 2.34. The maximum atomic E-state index is 12.6. The maximum absolute atomic E-state index is 12.6. The van der Waals surface area contributed by atoms with Crippen molar-refractivity contribution in [1.82, 2.24) is 4.98 Å². The van der Waals surface area contributed by atoms with Gasteiger partial charge in [-0.2, -0.15) is 0 Å². The minimum Gasteiger partial charge on any atom is -0.475 e. The molecule has 2 aromatic rings. The number of para-hydroxylation sites is 1. The summed E-state index contributed by atoms with van der Waals surface area (Å²) in [5, 5.41) is 14.9. The first kappa shape index (κ1) is 19.3. The van der Waals surface area contributed by atoms with Gasteiger partial charge in [-0.15, -0.1) is 0 Å². The summed E-state index contributed by atoms with van der Waals surface area (Å²) in [6.07, 6.45) is 1.43. The number of nitrogens with one attached hydrogen (secondary N) is 1. The molecule has 1 aromatic carbocycles. The lowest BCUT2D eigenvalue weighted by atomic mass is 9.80. The molecule has 146 valence electrons. The predicted octanol–water partition coefficient (Wildman–Crippen LogP) is 3.78. The van der Waals surface area contributed by atoms with Gasteiger partial charge in [-0.25, -0.2) is 9.78 Å². The number of ether oxygens (including phenoxy) is 2. The number of rotatable bonds is 5. The Hall–Kier alpha value is -3.42. The Labute approximate surface area is 162 Å². The van der Waals surface area contributed by atoms with Crippen LogP contribution in [0, 0.1) is 10.1 Å². The standard InChI is InChI=1S/C20H21N3O5/c1-11(2)28-19-18-14(9-10-21-19)22-12(3)16(20(24)27-4)17(18)13-7-5-6-8-15(13)23(25)26/h5-11,17,22H,1-4H3. The number of hydrogen-bond acceptors (Lipinski definition) is 7. The highest BCUT2D eigenvalue weighted by atomic mass is 16.6. The third-order valence-corrected chi connectivity index (χ3v) is 4.45. The van der Waals surface area contributed by atoms with Gasteiger partial charge in [-0.05, 0) is 26.8 Å². The Morgan fingerprint density at radius 1 is 1.29 bits per heavy atom. The van der Waals surface area contributed by atoms with E-state index in [2.05, 4.69) is 10.3 Å². The van der Waals surface area contributed by atoms with Gasteiger partial charge in [0.25, 0.3) is 5.69 Å². The van der Waals surface area contributed by atoms with Crippen LogP contribution >= 0.6 is 0 Å². The summed E-state index contributed by atoms with van der Waals surface area (Å²) < 4.78 is 10.8. The summed E-state index contributed by atoms with van der Waals surface area (Å²) >= 11 is 0. The van der Waals surface area contributed by atoms with Crippen LogP contribution < -0.4 is 10.1 Å². The summed E-state index contributed by atoms with van der Waals surface area (Å²) in [5.74, 6) is -1.01. The first-order chi connectivity index (χ1) is 13.3. The molecule has 8 nitrogen and oxygen atoms in total. The van der Waals surface area contributed by atoms with Crippen LogP contribution in [0.15, 0.2) is 47.8 Å². The van der Waals surface area contributed by atoms with Gasteiger partial charge in [-0.1, -0.05) is 18.2 Å². The fourth-order valence-electron chi connectivity index (χ4n) is 3.38. The predicted molar refractivity (Wildman–Crippen MR) is 103 cm³/mol. The highest BCUT2D eigenvalue weighted by Gasteiger charge is 2.39. The van der Waals surface area contributed by atoms with Crippen molar-refractivity contribution in [2.24, 2.45) is 0 Å². The first-order valence-electron chi connectivity index (χ1n) is 8.80. The SMILES string of the molecule is COC(=O)C1=C(C)Nc2ccnc(OC(C)C)c2C1c1ccccc1[N+](=O)[O-]. The van der Waals surface area contributed by atoms with E-state index in [9.17, 15) is 14.9 Å². The van der Waals surface area contributed by atoms with Gasteiger partial charge < -0.3 is 14.8 Å². The quantitative estimate of drug-likeness (QED) is 0.476. The zero-order chi connectivity index (χ0) is 20.4. The van der Waals surface area contributed by atoms with E-state index in [1.807, 2.05) is 13.8 Å². The highest BCUT2D eigenvalue weighted by molar-refractivity contribution is 5.95. The average molecular weight is 383 g/mol. The molecule has 3 rings (SSSR count). The lowest BCUT2D eigenvalue weighted by Crippen LogP contribution is -2.25. The van der Waals surface area contributed by atoms with Crippen LogP contribution in [0.4, 0.5) is 11.4 Å². The number of allylic oxidation sites excluding steroid dienone is 1. The van der Waals surface area contributed by atoms with Gasteiger partial charge in [0.1, 0.15) is 0 Å². The molecule has 1 atom stereocenters. The van der Waals surface area contributed by atoms with Gasteiger partial charge in [0, 0.05) is 29.2 Å². The van der Waals surface area contributed by atoms with Crippen LogP contribution in [0.25, 0.3) is 0 Å². The average Bonchev–Trinajstić information content (AvgIpc) is 2.66. The van der Waals surface area contributed by atoms with E-state index in [-0.39, 0.29) is 17.4 Å². The van der Waals surface area contributed by atoms with Crippen molar-refractivity contribution < 1.29 is 19.2 Å². The monoisotopic (exact) mass is 383 g/mol. The Bertz CT molecular complexity index is 968. The number of methoxy groups -OCH3 is 1. The molecule has 0 radical (unpaired) electrons. The summed E-state index contributed by atoms with van der Waals surface area (Å²) in [6, 6.07) is 8.10. The molecule has 1 N–H and O–H groups in total.